The molecule has 0 aliphatic heterocycles. The molecule has 0 fully saturated rings. The molecular weight excluding hydrogens is 234 g/mol. The summed E-state index contributed by atoms with van der Waals surface area (Å²) >= 11 is 0. The van der Waals surface area contributed by atoms with E-state index in [1.165, 1.54) is 5.56 Å². The van der Waals surface area contributed by atoms with E-state index in [0.717, 1.165) is 23.2 Å². The lowest BCUT2D eigenvalue weighted by Crippen LogP contribution is -2.12. The second kappa shape index (κ2) is 5.67. The Labute approximate surface area is 114 Å². The van der Waals surface area contributed by atoms with E-state index in [9.17, 15) is 0 Å². The van der Waals surface area contributed by atoms with Crippen molar-refractivity contribution in [3.8, 4) is 11.1 Å². The van der Waals surface area contributed by atoms with E-state index in [4.69, 9.17) is 11.1 Å². The zero-order valence-corrected chi connectivity index (χ0v) is 11.4. The molecule has 0 aromatic heterocycles. The summed E-state index contributed by atoms with van der Waals surface area (Å²) in [5.74, 6) is 0.105. The van der Waals surface area contributed by atoms with Crippen LogP contribution in [-0.4, -0.2) is 24.8 Å². The van der Waals surface area contributed by atoms with Gasteiger partial charge < -0.3 is 10.6 Å². The third-order valence-electron chi connectivity index (χ3n) is 2.98. The number of benzene rings is 2. The predicted octanol–water partition coefficient (Wildman–Crippen LogP) is 2.70. The summed E-state index contributed by atoms with van der Waals surface area (Å²) in [5, 5.41) is 7.63. The Morgan fingerprint density at radius 3 is 2.26 bits per heavy atom. The summed E-state index contributed by atoms with van der Waals surface area (Å²) in [4.78, 5) is 2.14. The number of rotatable bonds is 4. The maximum atomic E-state index is 7.63. The number of hydrogen-bond acceptors (Lipinski definition) is 2. The van der Waals surface area contributed by atoms with Gasteiger partial charge in [0.05, 0.1) is 0 Å². The van der Waals surface area contributed by atoms with E-state index in [-0.39, 0.29) is 5.84 Å². The summed E-state index contributed by atoms with van der Waals surface area (Å²) < 4.78 is 0. The molecule has 3 heteroatoms. The second-order valence-corrected chi connectivity index (χ2v) is 4.89. The summed E-state index contributed by atoms with van der Waals surface area (Å²) in [6.45, 7) is 0.925. The lowest BCUT2D eigenvalue weighted by Gasteiger charge is -2.11. The Kier molecular flexibility index (Phi) is 3.97. The topological polar surface area (TPSA) is 53.1 Å². The molecule has 3 nitrogen and oxygen atoms in total. The minimum absolute atomic E-state index is 0.105. The Hall–Kier alpha value is -2.13. The maximum Gasteiger partial charge on any atom is 0.123 e. The molecule has 0 aliphatic rings. The van der Waals surface area contributed by atoms with E-state index in [2.05, 4.69) is 43.3 Å². The van der Waals surface area contributed by atoms with E-state index >= 15 is 0 Å². The van der Waals surface area contributed by atoms with Crippen LogP contribution < -0.4 is 5.73 Å². The molecule has 0 heterocycles. The van der Waals surface area contributed by atoms with Crippen molar-refractivity contribution in [3.63, 3.8) is 0 Å². The lowest BCUT2D eigenvalue weighted by molar-refractivity contribution is 0.402. The summed E-state index contributed by atoms with van der Waals surface area (Å²) in [6, 6.07) is 16.2. The van der Waals surface area contributed by atoms with Gasteiger partial charge in [0.1, 0.15) is 5.84 Å². The normalized spacial score (nSPS) is 10.7. The first-order valence-electron chi connectivity index (χ1n) is 6.25. The van der Waals surface area contributed by atoms with Crippen LogP contribution in [0.5, 0.6) is 0 Å². The van der Waals surface area contributed by atoms with E-state index < -0.39 is 0 Å². The molecule has 2 rings (SSSR count). The molecule has 0 radical (unpaired) electrons. The van der Waals surface area contributed by atoms with Crippen molar-refractivity contribution in [2.24, 2.45) is 5.73 Å². The average Bonchev–Trinajstić information content (AvgIpc) is 2.39. The number of nitrogens with zero attached hydrogens (tertiary/aromatic N) is 1. The fourth-order valence-electron chi connectivity index (χ4n) is 2.12. The first-order valence-corrected chi connectivity index (χ1v) is 6.25. The van der Waals surface area contributed by atoms with Crippen LogP contribution in [0.3, 0.4) is 0 Å². The minimum Gasteiger partial charge on any atom is -0.384 e. The van der Waals surface area contributed by atoms with Crippen LogP contribution >= 0.6 is 0 Å². The van der Waals surface area contributed by atoms with Crippen molar-refractivity contribution in [3.05, 3.63) is 59.7 Å². The van der Waals surface area contributed by atoms with Crippen molar-refractivity contribution in [1.82, 2.24) is 4.90 Å². The van der Waals surface area contributed by atoms with Crippen LogP contribution in [-0.2, 0) is 6.54 Å². The first-order chi connectivity index (χ1) is 9.08. The van der Waals surface area contributed by atoms with Gasteiger partial charge in [-0.05, 0) is 30.8 Å². The Morgan fingerprint density at radius 2 is 1.68 bits per heavy atom. The predicted molar refractivity (Wildman–Crippen MR) is 80.3 cm³/mol. The van der Waals surface area contributed by atoms with Gasteiger partial charge in [-0.15, -0.1) is 0 Å². The molecular formula is C16H19N3. The molecule has 0 aliphatic carbocycles. The molecule has 0 amide bonds. The van der Waals surface area contributed by atoms with Gasteiger partial charge in [-0.25, -0.2) is 0 Å². The zero-order chi connectivity index (χ0) is 13.8. The quantitative estimate of drug-likeness (QED) is 0.650. The van der Waals surface area contributed by atoms with Crippen molar-refractivity contribution in [2.45, 2.75) is 6.54 Å². The maximum absolute atomic E-state index is 7.63. The van der Waals surface area contributed by atoms with Crippen molar-refractivity contribution < 1.29 is 0 Å². The lowest BCUT2D eigenvalue weighted by atomic mass is 9.98. The van der Waals surface area contributed by atoms with E-state index in [1.54, 1.807) is 0 Å². The minimum atomic E-state index is 0.105. The van der Waals surface area contributed by atoms with Gasteiger partial charge in [0, 0.05) is 12.1 Å². The zero-order valence-electron chi connectivity index (χ0n) is 11.4. The highest BCUT2D eigenvalue weighted by molar-refractivity contribution is 6.01. The van der Waals surface area contributed by atoms with Gasteiger partial charge in [0.25, 0.3) is 0 Å². The van der Waals surface area contributed by atoms with Crippen LogP contribution in [0, 0.1) is 5.41 Å². The van der Waals surface area contributed by atoms with Gasteiger partial charge in [-0.2, -0.15) is 0 Å². The smallest absolute Gasteiger partial charge is 0.123 e. The average molecular weight is 253 g/mol. The van der Waals surface area contributed by atoms with Crippen LogP contribution in [0.4, 0.5) is 0 Å². The molecule has 2 aromatic rings. The number of amidine groups is 1. The first kappa shape index (κ1) is 13.3. The summed E-state index contributed by atoms with van der Waals surface area (Å²) in [5.41, 5.74) is 9.77. The van der Waals surface area contributed by atoms with E-state index in [0.29, 0.717) is 0 Å². The molecule has 0 saturated heterocycles. The SMILES string of the molecule is CN(C)Cc1ccc(-c2ccccc2C(=N)N)cc1. The fraction of sp³-hybridized carbons (Fsp3) is 0.188. The Morgan fingerprint density at radius 1 is 1.05 bits per heavy atom. The molecule has 2 aromatic carbocycles. The summed E-state index contributed by atoms with van der Waals surface area (Å²) in [7, 11) is 4.11. The molecule has 0 bridgehead atoms. The standard InChI is InChI=1S/C16H19N3/c1-19(2)11-12-7-9-13(10-8-12)14-5-3-4-6-15(14)16(17)18/h3-10H,11H2,1-2H3,(H3,17,18). The third kappa shape index (κ3) is 3.20. The molecule has 19 heavy (non-hydrogen) atoms. The molecule has 98 valence electrons. The highest BCUT2D eigenvalue weighted by Crippen LogP contribution is 2.23. The third-order valence-corrected chi connectivity index (χ3v) is 2.98. The van der Waals surface area contributed by atoms with Crippen LogP contribution in [0.15, 0.2) is 48.5 Å². The Bertz CT molecular complexity index is 571. The van der Waals surface area contributed by atoms with Gasteiger partial charge in [0.15, 0.2) is 0 Å². The van der Waals surface area contributed by atoms with Crippen LogP contribution in [0.25, 0.3) is 11.1 Å². The fourth-order valence-corrected chi connectivity index (χ4v) is 2.12. The number of hydrogen-bond donors (Lipinski definition) is 2. The molecule has 3 N–H and O–H groups in total. The molecule has 0 atom stereocenters. The largest absolute Gasteiger partial charge is 0.384 e. The second-order valence-electron chi connectivity index (χ2n) is 4.89. The van der Waals surface area contributed by atoms with E-state index in [1.807, 2.05) is 24.3 Å². The number of nitrogens with one attached hydrogen (secondary N) is 1. The summed E-state index contributed by atoms with van der Waals surface area (Å²) in [6.07, 6.45) is 0. The highest BCUT2D eigenvalue weighted by atomic mass is 15.0. The molecule has 0 unspecified atom stereocenters. The number of nitrogen functional groups attached to an aromatic ring is 1. The highest BCUT2D eigenvalue weighted by Gasteiger charge is 2.06. The number of nitrogens with two attached hydrogens (primary N) is 1. The van der Waals surface area contributed by atoms with Crippen molar-refractivity contribution in [1.29, 1.82) is 5.41 Å². The van der Waals surface area contributed by atoms with Crippen molar-refractivity contribution >= 4 is 5.84 Å². The van der Waals surface area contributed by atoms with Gasteiger partial charge in [-0.3, -0.25) is 5.41 Å². The van der Waals surface area contributed by atoms with Gasteiger partial charge in [-0.1, -0.05) is 48.5 Å². The van der Waals surface area contributed by atoms with Gasteiger partial charge >= 0.3 is 0 Å². The van der Waals surface area contributed by atoms with Gasteiger partial charge in [0.2, 0.25) is 0 Å². The van der Waals surface area contributed by atoms with Crippen molar-refractivity contribution in [2.75, 3.05) is 14.1 Å². The molecule has 0 spiro atoms. The molecule has 0 saturated carbocycles. The van der Waals surface area contributed by atoms with Crippen LogP contribution in [0.2, 0.25) is 0 Å². The Balaban J connectivity index is 2.35. The van der Waals surface area contributed by atoms with Crippen LogP contribution in [0.1, 0.15) is 11.1 Å². The monoisotopic (exact) mass is 253 g/mol.